The van der Waals surface area contributed by atoms with E-state index in [2.05, 4.69) is 5.32 Å². The number of methoxy groups -OCH3 is 1. The molecule has 0 fully saturated rings. The first-order valence-corrected chi connectivity index (χ1v) is 9.76. The summed E-state index contributed by atoms with van der Waals surface area (Å²) >= 11 is 5.85. The van der Waals surface area contributed by atoms with Crippen molar-refractivity contribution in [2.45, 2.75) is 20.8 Å². The first-order valence-electron chi connectivity index (χ1n) is 9.38. The average molecular weight is 441 g/mol. The van der Waals surface area contributed by atoms with Crippen molar-refractivity contribution in [2.24, 2.45) is 0 Å². The molecule has 0 unspecified atom stereocenters. The molecule has 160 valence electrons. The number of aryl methyl sites for hydroxylation is 3. The average Bonchev–Trinajstić information content (AvgIpc) is 2.71. The smallest absolute Gasteiger partial charge is 0.313 e. The fourth-order valence-electron chi connectivity index (χ4n) is 3.29. The predicted octanol–water partition coefficient (Wildman–Crippen LogP) is 6.23. The van der Waals surface area contributed by atoms with Crippen molar-refractivity contribution in [2.75, 3.05) is 12.4 Å². The minimum absolute atomic E-state index is 0.0100. The Balaban J connectivity index is 1.89. The fraction of sp³-hybridized carbons (Fsp3) is 0.174. The molecule has 0 heterocycles. The molecule has 0 aromatic heterocycles. The molecule has 0 saturated heterocycles. The number of anilines is 1. The van der Waals surface area contributed by atoms with Crippen LogP contribution in [0.5, 0.6) is 17.2 Å². The van der Waals surface area contributed by atoms with E-state index in [1.54, 1.807) is 6.07 Å². The van der Waals surface area contributed by atoms with Gasteiger partial charge in [-0.3, -0.25) is 14.9 Å². The number of nitro benzene ring substituents is 1. The van der Waals surface area contributed by atoms with Crippen molar-refractivity contribution >= 4 is 28.9 Å². The number of hydrogen-bond acceptors (Lipinski definition) is 5. The molecule has 1 N–H and O–H groups in total. The lowest BCUT2D eigenvalue weighted by Crippen LogP contribution is -2.14. The molecule has 3 aromatic carbocycles. The standard InChI is InChI=1S/C23H21ClN2O5/c1-13-9-14(2)22(15(3)10-13)25-23(27)16-5-7-20(21(11-16)30-4)31-19-8-6-17(24)12-18(19)26(28)29/h5-12H,1-4H3,(H,25,27). The predicted molar refractivity (Wildman–Crippen MR) is 120 cm³/mol. The van der Waals surface area contributed by atoms with Crippen LogP contribution in [-0.2, 0) is 0 Å². The molecule has 3 aromatic rings. The highest BCUT2D eigenvalue weighted by atomic mass is 35.5. The Morgan fingerprint density at radius 2 is 1.61 bits per heavy atom. The Bertz CT molecular complexity index is 1150. The third-order valence-electron chi connectivity index (χ3n) is 4.68. The van der Waals surface area contributed by atoms with Crippen molar-refractivity contribution in [1.29, 1.82) is 0 Å². The van der Waals surface area contributed by atoms with Gasteiger partial charge < -0.3 is 14.8 Å². The highest BCUT2D eigenvalue weighted by Gasteiger charge is 2.19. The second kappa shape index (κ2) is 9.06. The van der Waals surface area contributed by atoms with E-state index in [0.717, 1.165) is 22.4 Å². The van der Waals surface area contributed by atoms with E-state index < -0.39 is 4.92 Å². The van der Waals surface area contributed by atoms with Crippen LogP contribution < -0.4 is 14.8 Å². The molecule has 0 bridgehead atoms. The van der Waals surface area contributed by atoms with Crippen LogP contribution in [0.2, 0.25) is 5.02 Å². The molecule has 0 aliphatic rings. The highest BCUT2D eigenvalue weighted by molar-refractivity contribution is 6.30. The summed E-state index contributed by atoms with van der Waals surface area (Å²) in [6, 6.07) is 12.7. The lowest BCUT2D eigenvalue weighted by Gasteiger charge is -2.15. The number of nitrogens with one attached hydrogen (secondary N) is 1. The molecule has 1 amide bonds. The maximum Gasteiger partial charge on any atom is 0.313 e. The Labute approximate surface area is 184 Å². The van der Waals surface area contributed by atoms with Gasteiger partial charge in [0.15, 0.2) is 11.5 Å². The number of nitrogens with zero attached hydrogens (tertiary/aromatic N) is 1. The lowest BCUT2D eigenvalue weighted by molar-refractivity contribution is -0.385. The van der Waals surface area contributed by atoms with E-state index in [9.17, 15) is 14.9 Å². The first kappa shape index (κ1) is 22.1. The van der Waals surface area contributed by atoms with E-state index in [1.807, 2.05) is 32.9 Å². The van der Waals surface area contributed by atoms with Gasteiger partial charge in [0.05, 0.1) is 12.0 Å². The molecular weight excluding hydrogens is 420 g/mol. The van der Waals surface area contributed by atoms with Gasteiger partial charge in [0.1, 0.15) is 0 Å². The molecule has 0 atom stereocenters. The van der Waals surface area contributed by atoms with E-state index >= 15 is 0 Å². The van der Waals surface area contributed by atoms with Crippen molar-refractivity contribution < 1.29 is 19.2 Å². The van der Waals surface area contributed by atoms with Crippen molar-refractivity contribution in [3.8, 4) is 17.2 Å². The van der Waals surface area contributed by atoms with Crippen LogP contribution in [0.25, 0.3) is 0 Å². The van der Waals surface area contributed by atoms with Gasteiger partial charge in [-0.05, 0) is 62.2 Å². The number of hydrogen-bond donors (Lipinski definition) is 1. The molecule has 8 heteroatoms. The zero-order valence-corrected chi connectivity index (χ0v) is 18.2. The van der Waals surface area contributed by atoms with Gasteiger partial charge in [0, 0.05) is 22.3 Å². The van der Waals surface area contributed by atoms with Crippen LogP contribution in [0.1, 0.15) is 27.0 Å². The van der Waals surface area contributed by atoms with E-state index in [4.69, 9.17) is 21.1 Å². The van der Waals surface area contributed by atoms with Crippen LogP contribution >= 0.6 is 11.6 Å². The lowest BCUT2D eigenvalue weighted by atomic mass is 10.0. The van der Waals surface area contributed by atoms with Crippen LogP contribution in [0.4, 0.5) is 11.4 Å². The molecular formula is C23H21ClN2O5. The zero-order valence-electron chi connectivity index (χ0n) is 17.5. The molecule has 7 nitrogen and oxygen atoms in total. The van der Waals surface area contributed by atoms with Gasteiger partial charge in [0.25, 0.3) is 5.91 Å². The summed E-state index contributed by atoms with van der Waals surface area (Å²) in [7, 11) is 1.43. The number of ether oxygens (including phenoxy) is 2. The van der Waals surface area contributed by atoms with Gasteiger partial charge in [-0.25, -0.2) is 0 Å². The third kappa shape index (κ3) is 4.95. The molecule has 0 radical (unpaired) electrons. The van der Waals surface area contributed by atoms with Gasteiger partial charge in [0.2, 0.25) is 5.75 Å². The Kier molecular flexibility index (Phi) is 6.46. The zero-order chi connectivity index (χ0) is 22.7. The molecule has 0 aliphatic heterocycles. The number of nitro groups is 1. The monoisotopic (exact) mass is 440 g/mol. The fourth-order valence-corrected chi connectivity index (χ4v) is 3.46. The second-order valence-electron chi connectivity index (χ2n) is 7.06. The topological polar surface area (TPSA) is 90.7 Å². The van der Waals surface area contributed by atoms with Gasteiger partial charge in [-0.15, -0.1) is 0 Å². The summed E-state index contributed by atoms with van der Waals surface area (Å²) < 4.78 is 11.0. The Morgan fingerprint density at radius 3 is 2.23 bits per heavy atom. The number of amides is 1. The molecule has 3 rings (SSSR count). The van der Waals surface area contributed by atoms with Gasteiger partial charge in [-0.1, -0.05) is 29.3 Å². The summed E-state index contributed by atoms with van der Waals surface area (Å²) in [5.41, 5.74) is 3.88. The molecule has 0 spiro atoms. The van der Waals surface area contributed by atoms with Crippen LogP contribution in [-0.4, -0.2) is 17.9 Å². The SMILES string of the molecule is COc1cc(C(=O)Nc2c(C)cc(C)cc2C)ccc1Oc1ccc(Cl)cc1[N+](=O)[O-]. The van der Waals surface area contributed by atoms with E-state index in [0.29, 0.717) is 5.56 Å². The van der Waals surface area contributed by atoms with Crippen LogP contribution in [0, 0.1) is 30.9 Å². The number of carbonyl (C=O) groups excluding carboxylic acids is 1. The van der Waals surface area contributed by atoms with Crippen molar-refractivity contribution in [3.63, 3.8) is 0 Å². The minimum Gasteiger partial charge on any atom is -0.493 e. The maximum atomic E-state index is 12.8. The largest absolute Gasteiger partial charge is 0.493 e. The van der Waals surface area contributed by atoms with Crippen molar-refractivity contribution in [3.05, 3.63) is 85.9 Å². The van der Waals surface area contributed by atoms with Gasteiger partial charge >= 0.3 is 5.69 Å². The second-order valence-corrected chi connectivity index (χ2v) is 7.50. The van der Waals surface area contributed by atoms with Crippen LogP contribution in [0.15, 0.2) is 48.5 Å². The Morgan fingerprint density at radius 1 is 0.968 bits per heavy atom. The number of carbonyl (C=O) groups is 1. The maximum absolute atomic E-state index is 12.8. The quantitative estimate of drug-likeness (QED) is 0.362. The first-order chi connectivity index (χ1) is 14.7. The highest BCUT2D eigenvalue weighted by Crippen LogP contribution is 2.38. The number of rotatable bonds is 6. The Hall–Kier alpha value is -3.58. The van der Waals surface area contributed by atoms with Gasteiger partial charge in [-0.2, -0.15) is 0 Å². The van der Waals surface area contributed by atoms with Crippen LogP contribution in [0.3, 0.4) is 0 Å². The minimum atomic E-state index is -0.582. The molecule has 31 heavy (non-hydrogen) atoms. The summed E-state index contributed by atoms with van der Waals surface area (Å²) in [6.45, 7) is 5.87. The van der Waals surface area contributed by atoms with Crippen molar-refractivity contribution in [1.82, 2.24) is 0 Å². The summed E-state index contributed by atoms with van der Waals surface area (Å²) in [5.74, 6) is 0.189. The number of benzene rings is 3. The summed E-state index contributed by atoms with van der Waals surface area (Å²) in [4.78, 5) is 23.5. The summed E-state index contributed by atoms with van der Waals surface area (Å²) in [6.07, 6.45) is 0. The van der Waals surface area contributed by atoms with E-state index in [1.165, 1.54) is 37.4 Å². The number of halogens is 1. The van der Waals surface area contributed by atoms with E-state index in [-0.39, 0.29) is 33.9 Å². The third-order valence-corrected chi connectivity index (χ3v) is 4.91. The molecule has 0 saturated carbocycles. The molecule has 0 aliphatic carbocycles. The summed E-state index contributed by atoms with van der Waals surface area (Å²) in [5, 5.41) is 14.4. The normalized spacial score (nSPS) is 10.5.